The molecule has 18 heteroatoms. The van der Waals surface area contributed by atoms with Crippen molar-refractivity contribution in [2.75, 3.05) is 26.6 Å². The first-order valence-corrected chi connectivity index (χ1v) is 21.0. The van der Waals surface area contributed by atoms with Gasteiger partial charge in [-0.25, -0.2) is 9.59 Å². The maximum Gasteiger partial charge on any atom is 0.408 e. The van der Waals surface area contributed by atoms with Crippen molar-refractivity contribution in [1.29, 1.82) is 0 Å². The van der Waals surface area contributed by atoms with Crippen LogP contribution in [0.5, 0.6) is 0 Å². The standard InChI is InChI=1S/C45H59NO17/c1-24(2)60-41(53)46-34(29-15-12-17-56-29)35(50)40(52)62-30-20-45(54)39(57-21-28-13-10-9-11-14-28)37-43(8,38(51)36(61-26(4)48)33(25(30)3)42(45,6)7)31(59-23-55-18-16-47)19-32-44(37,22-58-32)63-27(5)49/h9-15,17,24,30-32,34-37,39,47,50,54H,16,18-23H2,1-8H3,(H,46,53)/t30?,31-,32+,34-,35+,36+,37?,39-,43+,44-,45+/m0/s1. The molecule has 2 heterocycles. The van der Waals surface area contributed by atoms with Crippen LogP contribution in [0.2, 0.25) is 0 Å². The molecule has 3 fully saturated rings. The molecule has 346 valence electrons. The monoisotopic (exact) mass is 885 g/mol. The number of aliphatic hydroxyl groups is 3. The zero-order chi connectivity index (χ0) is 46.1. The Morgan fingerprint density at radius 3 is 2.29 bits per heavy atom. The van der Waals surface area contributed by atoms with Gasteiger partial charge in [0, 0.05) is 38.0 Å². The number of ether oxygens (including phenoxy) is 8. The van der Waals surface area contributed by atoms with Gasteiger partial charge in [0.05, 0.1) is 56.4 Å². The molecule has 1 aromatic carbocycles. The minimum Gasteiger partial charge on any atom is -0.467 e. The predicted molar refractivity (Wildman–Crippen MR) is 217 cm³/mol. The number of carbonyl (C=O) groups excluding carboxylic acids is 5. The minimum atomic E-state index is -2.18. The Morgan fingerprint density at radius 1 is 0.984 bits per heavy atom. The summed E-state index contributed by atoms with van der Waals surface area (Å²) in [5, 5.41) is 37.3. The van der Waals surface area contributed by atoms with E-state index >= 15 is 4.79 Å². The fourth-order valence-corrected chi connectivity index (χ4v) is 10.1. The molecule has 1 amide bonds. The summed E-state index contributed by atoms with van der Waals surface area (Å²) in [5.41, 5.74) is -6.11. The van der Waals surface area contributed by atoms with E-state index in [0.29, 0.717) is 5.56 Å². The lowest BCUT2D eigenvalue weighted by Gasteiger charge is -2.68. The lowest BCUT2D eigenvalue weighted by atomic mass is 9.44. The molecule has 1 saturated heterocycles. The Kier molecular flexibility index (Phi) is 14.3. The highest BCUT2D eigenvalue weighted by Crippen LogP contribution is 2.65. The third-order valence-electron chi connectivity index (χ3n) is 13.0. The van der Waals surface area contributed by atoms with Crippen LogP contribution in [0.25, 0.3) is 0 Å². The maximum absolute atomic E-state index is 15.9. The number of nitrogens with one attached hydrogen (secondary N) is 1. The van der Waals surface area contributed by atoms with Crippen molar-refractivity contribution in [1.82, 2.24) is 5.32 Å². The van der Waals surface area contributed by atoms with Gasteiger partial charge in [-0.15, -0.1) is 0 Å². The number of aliphatic hydroxyl groups excluding tert-OH is 2. The lowest BCUT2D eigenvalue weighted by molar-refractivity contribution is -0.357. The van der Waals surface area contributed by atoms with Gasteiger partial charge in [0.25, 0.3) is 0 Å². The maximum atomic E-state index is 15.9. The molecule has 2 saturated carbocycles. The first kappa shape index (κ1) is 47.8. The molecule has 2 unspecified atom stereocenters. The number of Topliss-reactive ketones (excluding diaryl/α,β-unsaturated/α-hetero) is 1. The Morgan fingerprint density at radius 2 is 1.70 bits per heavy atom. The number of alkyl carbamates (subject to hydrolysis) is 1. The number of hydrogen-bond acceptors (Lipinski definition) is 17. The number of amides is 1. The average Bonchev–Trinajstić information content (AvgIpc) is 3.75. The van der Waals surface area contributed by atoms with Gasteiger partial charge in [0.15, 0.2) is 23.6 Å². The van der Waals surface area contributed by atoms with Crippen molar-refractivity contribution < 1.29 is 81.6 Å². The Bertz CT molecular complexity index is 2020. The van der Waals surface area contributed by atoms with Crippen LogP contribution in [-0.4, -0.2) is 126 Å². The van der Waals surface area contributed by atoms with Gasteiger partial charge >= 0.3 is 24.0 Å². The number of esters is 3. The molecule has 6 rings (SSSR count). The van der Waals surface area contributed by atoms with E-state index in [1.54, 1.807) is 53.7 Å². The summed E-state index contributed by atoms with van der Waals surface area (Å²) in [7, 11) is 0. The van der Waals surface area contributed by atoms with Gasteiger partial charge in [-0.05, 0) is 56.5 Å². The molecule has 3 aliphatic carbocycles. The third-order valence-corrected chi connectivity index (χ3v) is 13.0. The van der Waals surface area contributed by atoms with Crippen LogP contribution in [0.3, 0.4) is 0 Å². The second-order valence-electron chi connectivity index (χ2n) is 17.6. The van der Waals surface area contributed by atoms with E-state index in [1.165, 1.54) is 25.3 Å². The second kappa shape index (κ2) is 18.8. The van der Waals surface area contributed by atoms with Crippen LogP contribution in [0.15, 0.2) is 64.3 Å². The molecule has 2 bridgehead atoms. The molecular weight excluding hydrogens is 826 g/mol. The van der Waals surface area contributed by atoms with Crippen LogP contribution in [-0.2, 0) is 63.7 Å². The lowest BCUT2D eigenvalue weighted by Crippen LogP contribution is -2.82. The smallest absolute Gasteiger partial charge is 0.408 e. The number of hydrogen-bond donors (Lipinski definition) is 4. The molecule has 4 N–H and O–H groups in total. The first-order chi connectivity index (χ1) is 29.7. The molecule has 63 heavy (non-hydrogen) atoms. The van der Waals surface area contributed by atoms with Gasteiger partial charge in [-0.3, -0.25) is 14.4 Å². The van der Waals surface area contributed by atoms with E-state index in [1.807, 2.05) is 18.2 Å². The molecule has 0 radical (unpaired) electrons. The number of rotatable bonds is 16. The molecule has 11 atom stereocenters. The van der Waals surface area contributed by atoms with Gasteiger partial charge in [-0.2, -0.15) is 0 Å². The van der Waals surface area contributed by atoms with E-state index in [4.69, 9.17) is 42.3 Å². The first-order valence-electron chi connectivity index (χ1n) is 21.0. The average molecular weight is 886 g/mol. The van der Waals surface area contributed by atoms with Crippen molar-refractivity contribution in [3.8, 4) is 0 Å². The molecule has 1 aromatic heterocycles. The predicted octanol–water partition coefficient (Wildman–Crippen LogP) is 3.38. The van der Waals surface area contributed by atoms with Crippen molar-refractivity contribution in [2.45, 2.75) is 135 Å². The summed E-state index contributed by atoms with van der Waals surface area (Å²) < 4.78 is 53.8. The quantitative estimate of drug-likeness (QED) is 0.0621. The van der Waals surface area contributed by atoms with Crippen molar-refractivity contribution in [2.24, 2.45) is 16.7 Å². The van der Waals surface area contributed by atoms with Crippen LogP contribution in [0.1, 0.15) is 85.6 Å². The van der Waals surface area contributed by atoms with E-state index < -0.39 is 113 Å². The summed E-state index contributed by atoms with van der Waals surface area (Å²) in [6.45, 7) is 11.0. The normalized spacial score (nSPS) is 31.8. The third kappa shape index (κ3) is 8.91. The molecule has 0 spiro atoms. The van der Waals surface area contributed by atoms with Crippen LogP contribution < -0.4 is 5.32 Å². The van der Waals surface area contributed by atoms with Crippen molar-refractivity contribution >= 4 is 29.8 Å². The summed E-state index contributed by atoms with van der Waals surface area (Å²) >= 11 is 0. The summed E-state index contributed by atoms with van der Waals surface area (Å²) in [6.07, 6.45) is -9.31. The molecule has 4 aliphatic rings. The molecule has 1 aliphatic heterocycles. The SMILES string of the molecule is CC(=O)O[C@H]1C(=O)[C@@]2(C)C([C@H](OCc3ccccc3)[C@]3(O)CC(OC(=O)[C@H](O)[C@@H](NC(=O)OC(C)C)c4ccco4)C(C)=C1C3(C)C)[C@]1(OC(C)=O)CO[C@@H]1C[C@@H]2OCOCCO. The molecule has 18 nitrogen and oxygen atoms in total. The zero-order valence-corrected chi connectivity index (χ0v) is 36.8. The second-order valence-corrected chi connectivity index (χ2v) is 17.6. The van der Waals surface area contributed by atoms with E-state index in [-0.39, 0.29) is 56.5 Å². The minimum absolute atomic E-state index is 0.000259. The van der Waals surface area contributed by atoms with E-state index in [0.717, 1.165) is 6.92 Å². The van der Waals surface area contributed by atoms with Crippen molar-refractivity contribution in [3.63, 3.8) is 0 Å². The highest BCUT2D eigenvalue weighted by Gasteiger charge is 2.78. The van der Waals surface area contributed by atoms with Gasteiger partial charge < -0.3 is 62.9 Å². The van der Waals surface area contributed by atoms with Gasteiger partial charge in [-0.1, -0.05) is 44.2 Å². The highest BCUT2D eigenvalue weighted by molar-refractivity contribution is 5.95. The number of carbonyl (C=O) groups is 5. The fraction of sp³-hybridized carbons (Fsp3) is 0.622. The summed E-state index contributed by atoms with van der Waals surface area (Å²) in [4.78, 5) is 69.1. The van der Waals surface area contributed by atoms with Gasteiger partial charge in [0.1, 0.15) is 36.4 Å². The number of fused-ring (bicyclic) bond motifs is 5. The Hall–Kier alpha value is -4.69. The Labute approximate surface area is 365 Å². The summed E-state index contributed by atoms with van der Waals surface area (Å²) in [6, 6.07) is 10.5. The zero-order valence-electron chi connectivity index (χ0n) is 36.8. The van der Waals surface area contributed by atoms with Crippen LogP contribution in [0.4, 0.5) is 4.79 Å². The molecular formula is C45H59NO17. The van der Waals surface area contributed by atoms with Gasteiger partial charge in [0.2, 0.25) is 0 Å². The van der Waals surface area contributed by atoms with E-state index in [2.05, 4.69) is 5.32 Å². The number of furan rings is 1. The van der Waals surface area contributed by atoms with E-state index in [9.17, 15) is 34.5 Å². The number of ketones is 1. The largest absolute Gasteiger partial charge is 0.467 e. The fourth-order valence-electron chi connectivity index (χ4n) is 10.1. The summed E-state index contributed by atoms with van der Waals surface area (Å²) in [5.74, 6) is -4.79. The van der Waals surface area contributed by atoms with Crippen LogP contribution >= 0.6 is 0 Å². The number of benzene rings is 1. The molecule has 2 aromatic rings. The Balaban J connectivity index is 1.54. The highest BCUT2D eigenvalue weighted by atomic mass is 16.7. The van der Waals surface area contributed by atoms with Crippen molar-refractivity contribution in [3.05, 3.63) is 71.2 Å². The topological polar surface area (TPSA) is 245 Å². The van der Waals surface area contributed by atoms with Crippen LogP contribution in [0, 0.1) is 16.7 Å².